The second-order valence-corrected chi connectivity index (χ2v) is 4.90. The van der Waals surface area contributed by atoms with Crippen molar-refractivity contribution in [3.63, 3.8) is 0 Å². The average Bonchev–Trinajstić information content (AvgIpc) is 2.40. The van der Waals surface area contributed by atoms with Crippen LogP contribution in [0, 0.1) is 17.5 Å². The van der Waals surface area contributed by atoms with Crippen LogP contribution < -0.4 is 10.1 Å². The van der Waals surface area contributed by atoms with Crippen molar-refractivity contribution in [2.75, 3.05) is 12.4 Å². The average molecular weight is 360 g/mol. The molecular formula is C14H9BrF3NO2. The van der Waals surface area contributed by atoms with Gasteiger partial charge in [0, 0.05) is 22.7 Å². The van der Waals surface area contributed by atoms with Crippen LogP contribution in [-0.2, 0) is 0 Å². The van der Waals surface area contributed by atoms with Gasteiger partial charge in [-0.1, -0.05) is 0 Å². The molecule has 0 aliphatic rings. The highest BCUT2D eigenvalue weighted by Crippen LogP contribution is 2.28. The van der Waals surface area contributed by atoms with Crippen LogP contribution in [0.4, 0.5) is 18.9 Å². The Kier molecular flexibility index (Phi) is 4.52. The Morgan fingerprint density at radius 2 is 1.76 bits per heavy atom. The number of benzene rings is 2. The lowest BCUT2D eigenvalue weighted by Crippen LogP contribution is -2.16. The van der Waals surface area contributed by atoms with Gasteiger partial charge in [-0.3, -0.25) is 4.79 Å². The second kappa shape index (κ2) is 6.17. The van der Waals surface area contributed by atoms with E-state index in [-0.39, 0.29) is 5.69 Å². The maximum Gasteiger partial charge on any atom is 0.261 e. The summed E-state index contributed by atoms with van der Waals surface area (Å²) in [6, 6.07) is 5.60. The van der Waals surface area contributed by atoms with Crippen LogP contribution in [0.3, 0.4) is 0 Å². The van der Waals surface area contributed by atoms with E-state index in [0.717, 1.165) is 0 Å². The first kappa shape index (κ1) is 15.4. The molecule has 2 aromatic carbocycles. The van der Waals surface area contributed by atoms with Gasteiger partial charge in [-0.15, -0.1) is 0 Å². The van der Waals surface area contributed by atoms with Crippen molar-refractivity contribution >= 4 is 27.5 Å². The van der Waals surface area contributed by atoms with Crippen LogP contribution >= 0.6 is 15.9 Å². The molecule has 1 N–H and O–H groups in total. The summed E-state index contributed by atoms with van der Waals surface area (Å²) in [7, 11) is 1.44. The number of anilines is 1. The number of carbonyl (C=O) groups is 1. The Hall–Kier alpha value is -2.02. The molecule has 0 saturated heterocycles. The van der Waals surface area contributed by atoms with Gasteiger partial charge in [0.25, 0.3) is 5.91 Å². The molecule has 21 heavy (non-hydrogen) atoms. The minimum absolute atomic E-state index is 0.266. The number of halogens is 4. The van der Waals surface area contributed by atoms with Gasteiger partial charge in [0.15, 0.2) is 0 Å². The molecule has 7 heteroatoms. The van der Waals surface area contributed by atoms with E-state index in [9.17, 15) is 18.0 Å². The Bertz CT molecular complexity index is 684. The van der Waals surface area contributed by atoms with Crippen LogP contribution in [0.1, 0.15) is 10.4 Å². The number of amides is 1. The SMILES string of the molecule is COc1ccc(Br)c(NC(=O)c2c(F)cc(F)cc2F)c1. The molecular weight excluding hydrogens is 351 g/mol. The summed E-state index contributed by atoms with van der Waals surface area (Å²) in [5.74, 6) is -4.22. The van der Waals surface area contributed by atoms with E-state index >= 15 is 0 Å². The van der Waals surface area contributed by atoms with Crippen molar-refractivity contribution in [2.24, 2.45) is 0 Å². The molecule has 3 nitrogen and oxygen atoms in total. The predicted molar refractivity (Wildman–Crippen MR) is 75.0 cm³/mol. The standard InChI is InChI=1S/C14H9BrF3NO2/c1-21-8-2-3-9(15)12(6-8)19-14(20)13-10(17)4-7(16)5-11(13)18/h2-6H,1H3,(H,19,20). The molecule has 0 unspecified atom stereocenters. The largest absolute Gasteiger partial charge is 0.497 e. The number of nitrogens with one attached hydrogen (secondary N) is 1. The van der Waals surface area contributed by atoms with Gasteiger partial charge < -0.3 is 10.1 Å². The van der Waals surface area contributed by atoms with E-state index < -0.39 is 28.9 Å². The van der Waals surface area contributed by atoms with Gasteiger partial charge in [0.05, 0.1) is 12.8 Å². The van der Waals surface area contributed by atoms with Gasteiger partial charge in [-0.2, -0.15) is 0 Å². The number of rotatable bonds is 3. The van der Waals surface area contributed by atoms with Crippen molar-refractivity contribution in [3.8, 4) is 5.75 Å². The lowest BCUT2D eigenvalue weighted by Gasteiger charge is -2.10. The number of carbonyl (C=O) groups excluding carboxylic acids is 1. The summed E-state index contributed by atoms with van der Waals surface area (Å²) in [6.07, 6.45) is 0. The van der Waals surface area contributed by atoms with Crippen molar-refractivity contribution in [2.45, 2.75) is 0 Å². The summed E-state index contributed by atoms with van der Waals surface area (Å²) < 4.78 is 45.4. The van der Waals surface area contributed by atoms with Gasteiger partial charge in [0.2, 0.25) is 0 Å². The molecule has 1 amide bonds. The molecule has 110 valence electrons. The minimum atomic E-state index is -1.27. The Morgan fingerprint density at radius 3 is 2.33 bits per heavy atom. The van der Waals surface area contributed by atoms with E-state index in [1.165, 1.54) is 13.2 Å². The summed E-state index contributed by atoms with van der Waals surface area (Å²) in [4.78, 5) is 11.9. The first-order valence-corrected chi connectivity index (χ1v) is 6.51. The third-order valence-corrected chi connectivity index (χ3v) is 3.35. The topological polar surface area (TPSA) is 38.3 Å². The summed E-state index contributed by atoms with van der Waals surface area (Å²) in [6.45, 7) is 0. The summed E-state index contributed by atoms with van der Waals surface area (Å²) >= 11 is 3.19. The van der Waals surface area contributed by atoms with E-state index in [1.807, 2.05) is 0 Å². The fourth-order valence-corrected chi connectivity index (χ4v) is 2.02. The fraction of sp³-hybridized carbons (Fsp3) is 0.0714. The first-order valence-electron chi connectivity index (χ1n) is 5.72. The van der Waals surface area contributed by atoms with Gasteiger partial charge in [-0.25, -0.2) is 13.2 Å². The molecule has 0 aromatic heterocycles. The first-order chi connectivity index (χ1) is 9.92. The molecule has 0 fully saturated rings. The van der Waals surface area contributed by atoms with E-state index in [4.69, 9.17) is 4.74 Å². The Balaban J connectivity index is 2.35. The maximum absolute atomic E-state index is 13.5. The highest BCUT2D eigenvalue weighted by atomic mass is 79.9. The van der Waals surface area contributed by atoms with Crippen molar-refractivity contribution in [3.05, 3.63) is 57.8 Å². The zero-order valence-electron chi connectivity index (χ0n) is 10.7. The number of hydrogen-bond donors (Lipinski definition) is 1. The zero-order valence-corrected chi connectivity index (χ0v) is 12.3. The van der Waals surface area contributed by atoms with Crippen LogP contribution in [0.5, 0.6) is 5.75 Å². The second-order valence-electron chi connectivity index (χ2n) is 4.04. The third-order valence-electron chi connectivity index (χ3n) is 2.66. The number of ether oxygens (including phenoxy) is 1. The normalized spacial score (nSPS) is 10.3. The molecule has 0 aliphatic carbocycles. The molecule has 0 bridgehead atoms. The molecule has 0 heterocycles. The predicted octanol–water partition coefficient (Wildman–Crippen LogP) is 4.13. The van der Waals surface area contributed by atoms with Gasteiger partial charge >= 0.3 is 0 Å². The molecule has 0 atom stereocenters. The van der Waals surface area contributed by atoms with Gasteiger partial charge in [0.1, 0.15) is 28.8 Å². The van der Waals surface area contributed by atoms with E-state index in [2.05, 4.69) is 21.2 Å². The quantitative estimate of drug-likeness (QED) is 0.894. The van der Waals surface area contributed by atoms with E-state index in [0.29, 0.717) is 22.4 Å². The lowest BCUT2D eigenvalue weighted by atomic mass is 10.1. The number of hydrogen-bond acceptors (Lipinski definition) is 2. The smallest absolute Gasteiger partial charge is 0.261 e. The molecule has 0 aliphatic heterocycles. The maximum atomic E-state index is 13.5. The molecule has 0 radical (unpaired) electrons. The van der Waals surface area contributed by atoms with Crippen molar-refractivity contribution < 1.29 is 22.7 Å². The van der Waals surface area contributed by atoms with E-state index in [1.54, 1.807) is 12.1 Å². The third kappa shape index (κ3) is 3.36. The molecule has 0 saturated carbocycles. The zero-order chi connectivity index (χ0) is 15.6. The number of methoxy groups -OCH3 is 1. The molecule has 2 rings (SSSR count). The van der Waals surface area contributed by atoms with Gasteiger partial charge in [-0.05, 0) is 28.1 Å². The lowest BCUT2D eigenvalue weighted by molar-refractivity contribution is 0.101. The van der Waals surface area contributed by atoms with Crippen LogP contribution in [0.2, 0.25) is 0 Å². The Labute approximate surface area is 126 Å². The van der Waals surface area contributed by atoms with Crippen LogP contribution in [0.25, 0.3) is 0 Å². The molecule has 2 aromatic rings. The highest BCUT2D eigenvalue weighted by Gasteiger charge is 2.20. The van der Waals surface area contributed by atoms with Crippen molar-refractivity contribution in [1.29, 1.82) is 0 Å². The van der Waals surface area contributed by atoms with Crippen molar-refractivity contribution in [1.82, 2.24) is 0 Å². The minimum Gasteiger partial charge on any atom is -0.497 e. The van der Waals surface area contributed by atoms with Crippen LogP contribution in [0.15, 0.2) is 34.8 Å². The summed E-state index contributed by atoms with van der Waals surface area (Å²) in [5.41, 5.74) is -0.589. The Morgan fingerprint density at radius 1 is 1.14 bits per heavy atom. The van der Waals surface area contributed by atoms with Crippen LogP contribution in [-0.4, -0.2) is 13.0 Å². The highest BCUT2D eigenvalue weighted by molar-refractivity contribution is 9.10. The monoisotopic (exact) mass is 359 g/mol. The fourth-order valence-electron chi connectivity index (χ4n) is 1.67. The molecule has 0 spiro atoms. The summed E-state index contributed by atoms with van der Waals surface area (Å²) in [5, 5.41) is 2.33.